The molecule has 3 aromatic rings. The van der Waals surface area contributed by atoms with E-state index < -0.39 is 0 Å². The van der Waals surface area contributed by atoms with Crippen molar-refractivity contribution in [3.8, 4) is 11.4 Å². The number of hydrogen-bond acceptors (Lipinski definition) is 4. The standard InChI is InChI=1S/C13H12N4S/c1-17-11(9-6-4-3-5-7-9)16-10-12(17)14-8-15-13(10)18-2/h3-8H,1-2H3. The van der Waals surface area contributed by atoms with Crippen LogP contribution in [0.2, 0.25) is 0 Å². The summed E-state index contributed by atoms with van der Waals surface area (Å²) in [5.74, 6) is 0.918. The molecule has 0 aliphatic heterocycles. The molecule has 0 saturated carbocycles. The topological polar surface area (TPSA) is 43.6 Å². The predicted octanol–water partition coefficient (Wildman–Crippen LogP) is 2.75. The summed E-state index contributed by atoms with van der Waals surface area (Å²) in [4.78, 5) is 13.2. The third-order valence-electron chi connectivity index (χ3n) is 2.85. The molecule has 0 aliphatic carbocycles. The lowest BCUT2D eigenvalue weighted by molar-refractivity contribution is 0.935. The number of hydrogen-bond donors (Lipinski definition) is 0. The van der Waals surface area contributed by atoms with Crippen molar-refractivity contribution in [2.45, 2.75) is 5.03 Å². The molecule has 0 bridgehead atoms. The van der Waals surface area contributed by atoms with Gasteiger partial charge in [0.05, 0.1) is 0 Å². The minimum Gasteiger partial charge on any atom is -0.312 e. The molecule has 0 spiro atoms. The summed E-state index contributed by atoms with van der Waals surface area (Å²) in [5, 5.41) is 0.915. The van der Waals surface area contributed by atoms with Gasteiger partial charge in [-0.2, -0.15) is 0 Å². The Kier molecular flexibility index (Phi) is 2.76. The van der Waals surface area contributed by atoms with Crippen molar-refractivity contribution < 1.29 is 0 Å². The van der Waals surface area contributed by atoms with E-state index in [4.69, 9.17) is 0 Å². The molecule has 0 saturated heterocycles. The van der Waals surface area contributed by atoms with Crippen molar-refractivity contribution in [2.24, 2.45) is 7.05 Å². The molecule has 0 fully saturated rings. The van der Waals surface area contributed by atoms with Gasteiger partial charge in [-0.3, -0.25) is 0 Å². The van der Waals surface area contributed by atoms with E-state index in [2.05, 4.69) is 15.0 Å². The van der Waals surface area contributed by atoms with E-state index in [0.29, 0.717) is 0 Å². The van der Waals surface area contributed by atoms with E-state index in [1.54, 1.807) is 18.1 Å². The molecule has 4 nitrogen and oxygen atoms in total. The van der Waals surface area contributed by atoms with Gasteiger partial charge in [0.25, 0.3) is 0 Å². The van der Waals surface area contributed by atoms with Crippen LogP contribution in [0, 0.1) is 0 Å². The van der Waals surface area contributed by atoms with Gasteiger partial charge in [0.2, 0.25) is 0 Å². The predicted molar refractivity (Wildman–Crippen MR) is 73.5 cm³/mol. The van der Waals surface area contributed by atoms with Crippen LogP contribution in [0.5, 0.6) is 0 Å². The number of thioether (sulfide) groups is 1. The Bertz CT molecular complexity index is 691. The van der Waals surface area contributed by atoms with Crippen LogP contribution in [-0.4, -0.2) is 25.8 Å². The van der Waals surface area contributed by atoms with Crippen LogP contribution in [0.1, 0.15) is 0 Å². The lowest BCUT2D eigenvalue weighted by atomic mass is 10.2. The van der Waals surface area contributed by atoms with E-state index in [1.807, 2.05) is 48.2 Å². The Labute approximate surface area is 109 Å². The van der Waals surface area contributed by atoms with Gasteiger partial charge in [0.1, 0.15) is 22.7 Å². The zero-order valence-corrected chi connectivity index (χ0v) is 11.0. The second-order valence-electron chi connectivity index (χ2n) is 3.92. The van der Waals surface area contributed by atoms with Crippen molar-refractivity contribution in [3.05, 3.63) is 36.7 Å². The number of benzene rings is 1. The summed E-state index contributed by atoms with van der Waals surface area (Å²) in [6.07, 6.45) is 3.59. The highest BCUT2D eigenvalue weighted by atomic mass is 32.2. The molecule has 90 valence electrons. The number of imidazole rings is 1. The smallest absolute Gasteiger partial charge is 0.164 e. The van der Waals surface area contributed by atoms with Crippen LogP contribution >= 0.6 is 11.8 Å². The molecule has 2 aromatic heterocycles. The zero-order valence-electron chi connectivity index (χ0n) is 10.2. The van der Waals surface area contributed by atoms with Crippen molar-refractivity contribution in [2.75, 3.05) is 6.26 Å². The highest BCUT2D eigenvalue weighted by Crippen LogP contribution is 2.26. The van der Waals surface area contributed by atoms with E-state index in [1.165, 1.54) is 0 Å². The molecule has 5 heteroatoms. The fourth-order valence-electron chi connectivity index (χ4n) is 1.97. The molecule has 0 unspecified atom stereocenters. The minimum atomic E-state index is 0.867. The maximum Gasteiger partial charge on any atom is 0.164 e. The quantitative estimate of drug-likeness (QED) is 0.522. The van der Waals surface area contributed by atoms with Gasteiger partial charge in [-0.05, 0) is 6.26 Å². The number of rotatable bonds is 2. The minimum absolute atomic E-state index is 0.867. The van der Waals surface area contributed by atoms with Crippen molar-refractivity contribution >= 4 is 22.9 Å². The summed E-state index contributed by atoms with van der Waals surface area (Å²) in [7, 11) is 1.98. The third kappa shape index (κ3) is 1.67. The molecule has 0 aliphatic rings. The van der Waals surface area contributed by atoms with Gasteiger partial charge in [-0.25, -0.2) is 15.0 Å². The lowest BCUT2D eigenvalue weighted by Gasteiger charge is -2.00. The van der Waals surface area contributed by atoms with Gasteiger partial charge in [-0.15, -0.1) is 11.8 Å². The first-order chi connectivity index (χ1) is 8.81. The third-order valence-corrected chi connectivity index (χ3v) is 3.53. The first-order valence-corrected chi connectivity index (χ1v) is 6.80. The van der Waals surface area contributed by atoms with Crippen molar-refractivity contribution in [1.29, 1.82) is 0 Å². The fourth-order valence-corrected chi connectivity index (χ4v) is 2.46. The van der Waals surface area contributed by atoms with Gasteiger partial charge in [0.15, 0.2) is 5.65 Å². The lowest BCUT2D eigenvalue weighted by Crippen LogP contribution is -1.94. The normalized spacial score (nSPS) is 11.0. The highest BCUT2D eigenvalue weighted by molar-refractivity contribution is 7.98. The summed E-state index contributed by atoms with van der Waals surface area (Å²) in [5.41, 5.74) is 2.82. The highest BCUT2D eigenvalue weighted by Gasteiger charge is 2.13. The van der Waals surface area contributed by atoms with E-state index in [9.17, 15) is 0 Å². The van der Waals surface area contributed by atoms with Crippen LogP contribution in [0.25, 0.3) is 22.6 Å². The van der Waals surface area contributed by atoms with E-state index in [0.717, 1.165) is 27.6 Å². The second-order valence-corrected chi connectivity index (χ2v) is 4.71. The molecule has 1 aromatic carbocycles. The van der Waals surface area contributed by atoms with Gasteiger partial charge in [-0.1, -0.05) is 30.3 Å². The van der Waals surface area contributed by atoms with Gasteiger partial charge >= 0.3 is 0 Å². The summed E-state index contributed by atoms with van der Waals surface area (Å²) < 4.78 is 2.01. The molecule has 0 atom stereocenters. The first kappa shape index (κ1) is 11.2. The average Bonchev–Trinajstić information content (AvgIpc) is 2.77. The Hall–Kier alpha value is -1.88. The Morgan fingerprint density at radius 1 is 1.11 bits per heavy atom. The Morgan fingerprint density at radius 2 is 1.89 bits per heavy atom. The van der Waals surface area contributed by atoms with Crippen LogP contribution in [-0.2, 0) is 7.05 Å². The molecular formula is C13H12N4S. The summed E-state index contributed by atoms with van der Waals surface area (Å²) in [6, 6.07) is 10.1. The average molecular weight is 256 g/mol. The monoisotopic (exact) mass is 256 g/mol. The van der Waals surface area contributed by atoms with E-state index in [-0.39, 0.29) is 0 Å². The fraction of sp³-hybridized carbons (Fsp3) is 0.154. The zero-order chi connectivity index (χ0) is 12.5. The second kappa shape index (κ2) is 4.42. The summed E-state index contributed by atoms with van der Waals surface area (Å²) in [6.45, 7) is 0. The van der Waals surface area contributed by atoms with Gasteiger partial charge in [0, 0.05) is 12.6 Å². The molecular weight excluding hydrogens is 244 g/mol. The first-order valence-electron chi connectivity index (χ1n) is 5.58. The number of nitrogens with zero attached hydrogens (tertiary/aromatic N) is 4. The van der Waals surface area contributed by atoms with Crippen LogP contribution in [0.4, 0.5) is 0 Å². The molecule has 0 N–H and O–H groups in total. The SMILES string of the molecule is CSc1ncnc2c1nc(-c1ccccc1)n2C. The number of fused-ring (bicyclic) bond motifs is 1. The summed E-state index contributed by atoms with van der Waals surface area (Å²) >= 11 is 1.59. The Balaban J connectivity index is 2.29. The molecule has 18 heavy (non-hydrogen) atoms. The van der Waals surface area contributed by atoms with Crippen molar-refractivity contribution in [1.82, 2.24) is 19.5 Å². The van der Waals surface area contributed by atoms with E-state index >= 15 is 0 Å². The van der Waals surface area contributed by atoms with Crippen molar-refractivity contribution in [3.63, 3.8) is 0 Å². The van der Waals surface area contributed by atoms with Crippen LogP contribution < -0.4 is 0 Å². The molecule has 0 radical (unpaired) electrons. The van der Waals surface area contributed by atoms with Crippen LogP contribution in [0.15, 0.2) is 41.7 Å². The number of aromatic nitrogens is 4. The maximum absolute atomic E-state index is 4.67. The number of aryl methyl sites for hydroxylation is 1. The van der Waals surface area contributed by atoms with Crippen LogP contribution in [0.3, 0.4) is 0 Å². The molecule has 2 heterocycles. The molecule has 0 amide bonds. The van der Waals surface area contributed by atoms with Gasteiger partial charge < -0.3 is 4.57 Å². The molecule has 3 rings (SSSR count). The maximum atomic E-state index is 4.67. The largest absolute Gasteiger partial charge is 0.312 e. The Morgan fingerprint density at radius 3 is 2.61 bits per heavy atom.